The van der Waals surface area contributed by atoms with Crippen LogP contribution in [0.3, 0.4) is 0 Å². The van der Waals surface area contributed by atoms with Crippen molar-refractivity contribution in [3.63, 3.8) is 0 Å². The van der Waals surface area contributed by atoms with Crippen LogP contribution in [0.1, 0.15) is 21.9 Å². The van der Waals surface area contributed by atoms with Crippen LogP contribution >= 0.6 is 0 Å². The molecule has 0 atom stereocenters. The lowest BCUT2D eigenvalue weighted by Crippen LogP contribution is -2.04. The van der Waals surface area contributed by atoms with E-state index >= 15 is 0 Å². The molecule has 0 bridgehead atoms. The molecule has 6 heteroatoms. The molecular weight excluding hydrogens is 344 g/mol. The number of carbonyl (C=O) groups is 1. The Balaban J connectivity index is 1.40. The highest BCUT2D eigenvalue weighted by Crippen LogP contribution is 2.22. The predicted octanol–water partition coefficient (Wildman–Crippen LogP) is 4.04. The smallest absolute Gasteiger partial charge is 0.374 e. The van der Waals surface area contributed by atoms with Crippen LogP contribution in [0, 0.1) is 0 Å². The van der Waals surface area contributed by atoms with E-state index in [9.17, 15) is 4.79 Å². The highest BCUT2D eigenvalue weighted by molar-refractivity contribution is 5.87. The number of methoxy groups -OCH3 is 1. The van der Waals surface area contributed by atoms with E-state index in [1.165, 1.54) is 0 Å². The average Bonchev–Trinajstić information content (AvgIpc) is 3.38. The third-order valence-corrected chi connectivity index (χ3v) is 4.22. The SMILES string of the molecule is COc1ccc2cc(COC(=O)c3ccc(Cn4cccn4)o3)ccc2c1. The largest absolute Gasteiger partial charge is 0.497 e. The molecule has 0 saturated heterocycles. The number of fused-ring (bicyclic) bond motifs is 1. The second-order valence-corrected chi connectivity index (χ2v) is 6.09. The fourth-order valence-corrected chi connectivity index (χ4v) is 2.84. The van der Waals surface area contributed by atoms with Crippen LogP contribution in [0.5, 0.6) is 5.75 Å². The van der Waals surface area contributed by atoms with Gasteiger partial charge in [0.2, 0.25) is 5.76 Å². The van der Waals surface area contributed by atoms with Gasteiger partial charge in [-0.3, -0.25) is 4.68 Å². The van der Waals surface area contributed by atoms with Crippen molar-refractivity contribution in [2.45, 2.75) is 13.2 Å². The number of ether oxygens (including phenoxy) is 2. The van der Waals surface area contributed by atoms with Crippen molar-refractivity contribution in [2.24, 2.45) is 0 Å². The first kappa shape index (κ1) is 16.9. The molecule has 136 valence electrons. The van der Waals surface area contributed by atoms with E-state index in [1.807, 2.05) is 48.7 Å². The van der Waals surface area contributed by atoms with Gasteiger partial charge in [-0.05, 0) is 52.7 Å². The van der Waals surface area contributed by atoms with E-state index in [2.05, 4.69) is 5.10 Å². The van der Waals surface area contributed by atoms with Gasteiger partial charge < -0.3 is 13.9 Å². The van der Waals surface area contributed by atoms with E-state index in [0.29, 0.717) is 12.3 Å². The Morgan fingerprint density at radius 3 is 2.78 bits per heavy atom. The van der Waals surface area contributed by atoms with Crippen LogP contribution in [-0.4, -0.2) is 22.9 Å². The number of nitrogens with zero attached hydrogens (tertiary/aromatic N) is 2. The van der Waals surface area contributed by atoms with Crippen LogP contribution in [0.15, 0.2) is 71.4 Å². The van der Waals surface area contributed by atoms with Crippen LogP contribution in [0.25, 0.3) is 10.8 Å². The molecule has 27 heavy (non-hydrogen) atoms. The van der Waals surface area contributed by atoms with Crippen molar-refractivity contribution in [3.05, 3.63) is 84.1 Å². The maximum Gasteiger partial charge on any atom is 0.374 e. The van der Waals surface area contributed by atoms with Gasteiger partial charge in [-0.1, -0.05) is 18.2 Å². The lowest BCUT2D eigenvalue weighted by molar-refractivity contribution is 0.0434. The molecule has 4 aromatic rings. The maximum atomic E-state index is 12.2. The number of rotatable bonds is 6. The summed E-state index contributed by atoms with van der Waals surface area (Å²) in [6.45, 7) is 0.643. The number of carbonyl (C=O) groups excluding carboxylic acids is 1. The fraction of sp³-hybridized carbons (Fsp3) is 0.143. The minimum Gasteiger partial charge on any atom is -0.497 e. The number of hydrogen-bond acceptors (Lipinski definition) is 5. The van der Waals surface area contributed by atoms with Crippen LogP contribution in [0.4, 0.5) is 0 Å². The van der Waals surface area contributed by atoms with E-state index in [1.54, 1.807) is 30.1 Å². The Morgan fingerprint density at radius 1 is 1.11 bits per heavy atom. The Morgan fingerprint density at radius 2 is 1.96 bits per heavy atom. The zero-order chi connectivity index (χ0) is 18.6. The highest BCUT2D eigenvalue weighted by atomic mass is 16.5. The zero-order valence-electron chi connectivity index (χ0n) is 14.8. The summed E-state index contributed by atoms with van der Waals surface area (Å²) in [5.74, 6) is 1.15. The summed E-state index contributed by atoms with van der Waals surface area (Å²) in [5.41, 5.74) is 0.907. The topological polar surface area (TPSA) is 66.5 Å². The number of hydrogen-bond donors (Lipinski definition) is 0. The molecule has 4 rings (SSSR count). The second-order valence-electron chi connectivity index (χ2n) is 6.09. The van der Waals surface area contributed by atoms with Crippen molar-refractivity contribution in [3.8, 4) is 5.75 Å². The summed E-state index contributed by atoms with van der Waals surface area (Å²) >= 11 is 0. The van der Waals surface area contributed by atoms with Crippen molar-refractivity contribution in [1.29, 1.82) is 0 Å². The number of furan rings is 1. The van der Waals surface area contributed by atoms with Gasteiger partial charge in [0.05, 0.1) is 13.7 Å². The Kier molecular flexibility index (Phi) is 4.61. The molecule has 2 aromatic carbocycles. The lowest BCUT2D eigenvalue weighted by atomic mass is 10.1. The third kappa shape index (κ3) is 3.84. The van der Waals surface area contributed by atoms with Gasteiger partial charge in [-0.15, -0.1) is 0 Å². The molecule has 2 heterocycles. The Bertz CT molecular complexity index is 1070. The third-order valence-electron chi connectivity index (χ3n) is 4.22. The standard InChI is InChI=1S/C21H18N2O4/c1-25-18-6-5-16-11-15(3-4-17(16)12-18)14-26-21(24)20-8-7-19(27-20)13-23-10-2-9-22-23/h2-12H,13-14H2,1H3. The van der Waals surface area contributed by atoms with Gasteiger partial charge >= 0.3 is 5.97 Å². The summed E-state index contributed by atoms with van der Waals surface area (Å²) in [6, 6.07) is 17.0. The summed E-state index contributed by atoms with van der Waals surface area (Å²) in [6.07, 6.45) is 3.52. The molecule has 2 aromatic heterocycles. The predicted molar refractivity (Wildman–Crippen MR) is 99.7 cm³/mol. The summed E-state index contributed by atoms with van der Waals surface area (Å²) in [4.78, 5) is 12.2. The first-order chi connectivity index (χ1) is 13.2. The van der Waals surface area contributed by atoms with E-state index < -0.39 is 5.97 Å². The number of benzene rings is 2. The molecule has 0 aliphatic heterocycles. The Hall–Kier alpha value is -3.54. The van der Waals surface area contributed by atoms with Crippen molar-refractivity contribution < 1.29 is 18.7 Å². The molecule has 0 fully saturated rings. The zero-order valence-corrected chi connectivity index (χ0v) is 14.8. The first-order valence-corrected chi connectivity index (χ1v) is 8.51. The van der Waals surface area contributed by atoms with Gasteiger partial charge in [0.15, 0.2) is 0 Å². The molecular formula is C21H18N2O4. The van der Waals surface area contributed by atoms with E-state index in [0.717, 1.165) is 22.1 Å². The second kappa shape index (κ2) is 7.37. The molecule has 0 radical (unpaired) electrons. The van der Waals surface area contributed by atoms with Gasteiger partial charge in [0.1, 0.15) is 18.1 Å². The van der Waals surface area contributed by atoms with Gasteiger partial charge in [0, 0.05) is 12.4 Å². The Labute approximate surface area is 155 Å². The van der Waals surface area contributed by atoms with Gasteiger partial charge in [-0.2, -0.15) is 5.10 Å². The van der Waals surface area contributed by atoms with E-state index in [-0.39, 0.29) is 12.4 Å². The minimum absolute atomic E-state index is 0.177. The molecule has 0 aliphatic rings. The van der Waals surface area contributed by atoms with Crippen molar-refractivity contribution in [2.75, 3.05) is 7.11 Å². The normalized spacial score (nSPS) is 10.9. The molecule has 0 saturated carbocycles. The van der Waals surface area contributed by atoms with Crippen LogP contribution < -0.4 is 4.74 Å². The molecule has 0 amide bonds. The molecule has 0 spiro atoms. The lowest BCUT2D eigenvalue weighted by Gasteiger charge is -2.06. The summed E-state index contributed by atoms with van der Waals surface area (Å²) in [7, 11) is 1.64. The van der Waals surface area contributed by atoms with Crippen molar-refractivity contribution in [1.82, 2.24) is 9.78 Å². The van der Waals surface area contributed by atoms with Gasteiger partial charge in [-0.25, -0.2) is 4.79 Å². The fourth-order valence-electron chi connectivity index (χ4n) is 2.84. The van der Waals surface area contributed by atoms with Gasteiger partial charge in [0.25, 0.3) is 0 Å². The monoisotopic (exact) mass is 362 g/mol. The van der Waals surface area contributed by atoms with Crippen LogP contribution in [-0.2, 0) is 17.9 Å². The number of esters is 1. The summed E-state index contributed by atoms with van der Waals surface area (Å²) < 4.78 is 17.9. The quantitative estimate of drug-likeness (QED) is 0.484. The van der Waals surface area contributed by atoms with E-state index in [4.69, 9.17) is 13.9 Å². The molecule has 6 nitrogen and oxygen atoms in total. The number of aromatic nitrogens is 2. The average molecular weight is 362 g/mol. The minimum atomic E-state index is -0.489. The summed E-state index contributed by atoms with van der Waals surface area (Å²) in [5, 5.41) is 6.24. The molecule has 0 unspecified atom stereocenters. The highest BCUT2D eigenvalue weighted by Gasteiger charge is 2.13. The first-order valence-electron chi connectivity index (χ1n) is 8.51. The maximum absolute atomic E-state index is 12.2. The molecule has 0 aliphatic carbocycles. The van der Waals surface area contributed by atoms with Crippen LogP contribution in [0.2, 0.25) is 0 Å². The molecule has 0 N–H and O–H groups in total. The van der Waals surface area contributed by atoms with Crippen molar-refractivity contribution >= 4 is 16.7 Å².